The van der Waals surface area contributed by atoms with Gasteiger partial charge in [-0.25, -0.2) is 34.3 Å². The van der Waals surface area contributed by atoms with E-state index in [1.54, 1.807) is 0 Å². The van der Waals surface area contributed by atoms with Crippen LogP contribution in [-0.4, -0.2) is 76.7 Å². The second-order valence-electron chi connectivity index (χ2n) is 12.0. The number of benzene rings is 3. The van der Waals surface area contributed by atoms with Crippen LogP contribution in [-0.2, 0) is 46.3 Å². The summed E-state index contributed by atoms with van der Waals surface area (Å²) in [6.07, 6.45) is -12.0. The third-order valence-corrected chi connectivity index (χ3v) is 12.7. The Kier molecular flexibility index (Phi) is 9.64. The molecule has 272 valence electrons. The van der Waals surface area contributed by atoms with Gasteiger partial charge in [-0.1, -0.05) is 30.3 Å². The van der Waals surface area contributed by atoms with Gasteiger partial charge in [0.2, 0.25) is 15.9 Å². The number of hydrogen-bond donors (Lipinski definition) is 0. The van der Waals surface area contributed by atoms with Gasteiger partial charge in [0.15, 0.2) is 9.84 Å². The molecule has 0 saturated carbocycles. The van der Waals surface area contributed by atoms with Gasteiger partial charge in [-0.3, -0.25) is 4.79 Å². The lowest BCUT2D eigenvalue weighted by molar-refractivity contribution is -0.392. The molecule has 1 atom stereocenters. The zero-order valence-corrected chi connectivity index (χ0v) is 27.4. The molecule has 50 heavy (non-hydrogen) atoms. The van der Waals surface area contributed by atoms with E-state index in [0.29, 0.717) is 36.4 Å². The van der Waals surface area contributed by atoms with E-state index in [-0.39, 0.29) is 25.2 Å². The molecule has 3 aromatic carbocycles. The first-order valence-corrected chi connectivity index (χ1v) is 17.9. The topological polar surface area (TPSA) is 101 Å². The van der Waals surface area contributed by atoms with E-state index >= 15 is 0 Å². The minimum Gasteiger partial charge on any atom is -0.349 e. The fourth-order valence-corrected chi connectivity index (χ4v) is 9.12. The highest BCUT2D eigenvalue weighted by Gasteiger charge is 2.73. The van der Waals surface area contributed by atoms with Crippen molar-refractivity contribution in [2.45, 2.75) is 40.6 Å². The average Bonchev–Trinajstić information content (AvgIpc) is 3.44. The summed E-state index contributed by atoms with van der Waals surface area (Å²) in [5, 5.41) is 0. The molecule has 3 aromatic rings. The van der Waals surface area contributed by atoms with E-state index in [0.717, 1.165) is 45.8 Å². The van der Waals surface area contributed by atoms with Crippen LogP contribution in [0.4, 0.5) is 39.5 Å². The first-order valence-electron chi connectivity index (χ1n) is 14.6. The minimum atomic E-state index is -6.26. The molecule has 1 amide bonds. The van der Waals surface area contributed by atoms with Crippen LogP contribution in [0.25, 0.3) is 0 Å². The summed E-state index contributed by atoms with van der Waals surface area (Å²) >= 11 is 0. The van der Waals surface area contributed by atoms with Crippen LogP contribution in [0.3, 0.4) is 0 Å². The number of alkyl halides is 6. The molecule has 19 heteroatoms. The molecule has 0 aliphatic carbocycles. The SMILES string of the molecule is CS(=O)(=O)N1CC(C(=O)N2CCC(c3ccc(C(OCc4c(F)cccc4F)(C(F)(F)F)C(F)(F)F)cc3)(S(=O)(=O)c3ccc(F)cc3)C2)C1. The van der Waals surface area contributed by atoms with Crippen LogP contribution >= 0.6 is 0 Å². The van der Waals surface area contributed by atoms with E-state index in [9.17, 15) is 61.1 Å². The van der Waals surface area contributed by atoms with Crippen molar-refractivity contribution in [1.82, 2.24) is 9.21 Å². The number of rotatable bonds is 9. The van der Waals surface area contributed by atoms with E-state index in [4.69, 9.17) is 0 Å². The van der Waals surface area contributed by atoms with Crippen molar-refractivity contribution in [1.29, 1.82) is 0 Å². The van der Waals surface area contributed by atoms with Crippen molar-refractivity contribution >= 4 is 25.8 Å². The molecular formula is C31H27F9N2O6S2. The van der Waals surface area contributed by atoms with Crippen LogP contribution in [0.15, 0.2) is 71.6 Å². The smallest absolute Gasteiger partial charge is 0.349 e. The molecule has 2 aliphatic rings. The van der Waals surface area contributed by atoms with Gasteiger partial charge < -0.3 is 9.64 Å². The highest BCUT2D eigenvalue weighted by atomic mass is 32.2. The Hall–Kier alpha value is -3.68. The minimum absolute atomic E-state index is 0.186. The normalized spacial score (nSPS) is 19.8. The predicted octanol–water partition coefficient (Wildman–Crippen LogP) is 5.43. The summed E-state index contributed by atoms with van der Waals surface area (Å²) in [5.41, 5.74) is -8.25. The van der Waals surface area contributed by atoms with Crippen LogP contribution in [0.2, 0.25) is 0 Å². The quantitative estimate of drug-likeness (QED) is 0.213. The first-order chi connectivity index (χ1) is 23.0. The number of sulfonamides is 1. The second-order valence-corrected chi connectivity index (χ2v) is 16.2. The average molecular weight is 759 g/mol. The summed E-state index contributed by atoms with van der Waals surface area (Å²) < 4.78 is 184. The molecule has 5 rings (SSSR count). The van der Waals surface area contributed by atoms with E-state index < -0.39 is 107 Å². The molecule has 2 aliphatic heterocycles. The fraction of sp³-hybridized carbons (Fsp3) is 0.387. The van der Waals surface area contributed by atoms with Crippen LogP contribution in [0.5, 0.6) is 0 Å². The van der Waals surface area contributed by atoms with Crippen molar-refractivity contribution in [2.75, 3.05) is 32.4 Å². The van der Waals surface area contributed by atoms with Gasteiger partial charge in [0.1, 0.15) is 22.2 Å². The summed E-state index contributed by atoms with van der Waals surface area (Å²) in [6.45, 7) is -3.05. The van der Waals surface area contributed by atoms with Crippen LogP contribution < -0.4 is 0 Å². The Morgan fingerprint density at radius 3 is 1.88 bits per heavy atom. The Morgan fingerprint density at radius 1 is 0.840 bits per heavy atom. The molecular weight excluding hydrogens is 731 g/mol. The predicted molar refractivity (Wildman–Crippen MR) is 158 cm³/mol. The third kappa shape index (κ3) is 6.36. The molecule has 0 N–H and O–H groups in total. The number of nitrogens with zero attached hydrogens (tertiary/aromatic N) is 2. The number of hydrogen-bond acceptors (Lipinski definition) is 6. The number of carbonyl (C=O) groups excluding carboxylic acids is 1. The fourth-order valence-electron chi connectivity index (χ4n) is 6.14. The maximum Gasteiger partial charge on any atom is 0.430 e. The monoisotopic (exact) mass is 758 g/mol. The highest BCUT2D eigenvalue weighted by Crippen LogP contribution is 2.54. The zero-order chi connectivity index (χ0) is 37.1. The largest absolute Gasteiger partial charge is 0.430 e. The second kappa shape index (κ2) is 12.8. The number of halogens is 9. The van der Waals surface area contributed by atoms with E-state index in [2.05, 4.69) is 4.74 Å². The van der Waals surface area contributed by atoms with Gasteiger partial charge in [0, 0.05) is 37.3 Å². The molecule has 1 unspecified atom stereocenters. The van der Waals surface area contributed by atoms with Crippen LogP contribution in [0, 0.1) is 23.4 Å². The van der Waals surface area contributed by atoms with Crippen molar-refractivity contribution in [3.05, 3.63) is 101 Å². The van der Waals surface area contributed by atoms with Crippen molar-refractivity contribution < 1.29 is 65.9 Å². The van der Waals surface area contributed by atoms with Gasteiger partial charge in [0.05, 0.1) is 23.7 Å². The highest BCUT2D eigenvalue weighted by molar-refractivity contribution is 7.92. The van der Waals surface area contributed by atoms with Crippen molar-refractivity contribution in [2.24, 2.45) is 5.92 Å². The van der Waals surface area contributed by atoms with E-state index in [1.807, 2.05) is 0 Å². The molecule has 0 radical (unpaired) electrons. The standard InChI is InChI=1S/C31H27F9N2O6S2/c1-49(44,45)42-15-19(16-42)27(43)41-14-13-28(18-41,50(46,47)23-11-9-22(32)10-12-23)20-5-7-21(8-6-20)29(30(35,36)37,31(38,39)40)48-17-24-25(33)3-2-4-26(24)34/h2-12,19H,13-18H2,1H3. The van der Waals surface area contributed by atoms with Gasteiger partial charge in [-0.15, -0.1) is 0 Å². The summed E-state index contributed by atoms with van der Waals surface area (Å²) in [5.74, 6) is -5.20. The number of amides is 1. The molecule has 8 nitrogen and oxygen atoms in total. The van der Waals surface area contributed by atoms with Gasteiger partial charge in [-0.2, -0.15) is 26.3 Å². The molecule has 2 fully saturated rings. The summed E-state index contributed by atoms with van der Waals surface area (Å²) in [6, 6.07) is 7.59. The maximum atomic E-state index is 14.5. The first kappa shape index (κ1) is 37.6. The summed E-state index contributed by atoms with van der Waals surface area (Å²) in [4.78, 5) is 14.0. The lowest BCUT2D eigenvalue weighted by atomic mass is 9.88. The third-order valence-electron chi connectivity index (χ3n) is 8.96. The van der Waals surface area contributed by atoms with E-state index in [1.165, 1.54) is 0 Å². The number of ether oxygens (including phenoxy) is 1. The number of likely N-dealkylation sites (tertiary alicyclic amines) is 1. The number of carbonyl (C=O) groups is 1. The summed E-state index contributed by atoms with van der Waals surface area (Å²) in [7, 11) is -8.29. The molecule has 0 aromatic heterocycles. The Balaban J connectivity index is 1.57. The maximum absolute atomic E-state index is 14.5. The zero-order valence-electron chi connectivity index (χ0n) is 25.7. The Bertz CT molecular complexity index is 1950. The van der Waals surface area contributed by atoms with Gasteiger partial charge in [0.25, 0.3) is 5.60 Å². The van der Waals surface area contributed by atoms with Crippen LogP contribution in [0.1, 0.15) is 23.1 Å². The van der Waals surface area contributed by atoms with Gasteiger partial charge >= 0.3 is 12.4 Å². The Morgan fingerprint density at radius 2 is 1.38 bits per heavy atom. The molecule has 2 heterocycles. The lowest BCUT2D eigenvalue weighted by Gasteiger charge is -2.39. The molecule has 0 spiro atoms. The van der Waals surface area contributed by atoms with Gasteiger partial charge in [-0.05, 0) is 48.4 Å². The Labute approximate surface area is 280 Å². The van der Waals surface area contributed by atoms with Crippen molar-refractivity contribution in [3.63, 3.8) is 0 Å². The lowest BCUT2D eigenvalue weighted by Crippen LogP contribution is -2.56. The molecule has 0 bridgehead atoms. The number of sulfone groups is 1. The molecule has 2 saturated heterocycles. The van der Waals surface area contributed by atoms with Crippen molar-refractivity contribution in [3.8, 4) is 0 Å².